The summed E-state index contributed by atoms with van der Waals surface area (Å²) in [6, 6.07) is 7.88. The van der Waals surface area contributed by atoms with Crippen molar-refractivity contribution in [2.75, 3.05) is 45.8 Å². The molecule has 3 heterocycles. The van der Waals surface area contributed by atoms with Gasteiger partial charge in [-0.25, -0.2) is 4.98 Å². The van der Waals surface area contributed by atoms with E-state index < -0.39 is 0 Å². The molecule has 8 heteroatoms. The first kappa shape index (κ1) is 22.3. The number of aromatic nitrogens is 1. The van der Waals surface area contributed by atoms with Gasteiger partial charge in [0.25, 0.3) is 5.91 Å². The minimum atomic E-state index is 0.0775. The number of nitrogens with zero attached hydrogens (tertiary/aromatic N) is 4. The maximum atomic E-state index is 12.9. The highest BCUT2D eigenvalue weighted by Crippen LogP contribution is 2.24. The van der Waals surface area contributed by atoms with E-state index in [0.29, 0.717) is 19.6 Å². The van der Waals surface area contributed by atoms with Crippen molar-refractivity contribution < 1.29 is 9.59 Å². The van der Waals surface area contributed by atoms with Gasteiger partial charge in [-0.3, -0.25) is 14.5 Å². The average molecular weight is 459 g/mol. The van der Waals surface area contributed by atoms with E-state index in [1.165, 1.54) is 6.42 Å². The molecule has 0 atom stereocenters. The van der Waals surface area contributed by atoms with Gasteiger partial charge in [-0.15, -0.1) is 23.1 Å². The van der Waals surface area contributed by atoms with E-state index in [2.05, 4.69) is 15.3 Å². The summed E-state index contributed by atoms with van der Waals surface area (Å²) in [7, 11) is 0. The highest BCUT2D eigenvalue weighted by molar-refractivity contribution is 7.98. The molecular formula is C23H30N4O2S2. The molecule has 0 bridgehead atoms. The Morgan fingerprint density at radius 1 is 0.968 bits per heavy atom. The van der Waals surface area contributed by atoms with Gasteiger partial charge in [0.1, 0.15) is 0 Å². The fraction of sp³-hybridized carbons (Fsp3) is 0.522. The third-order valence-corrected chi connectivity index (χ3v) is 7.75. The van der Waals surface area contributed by atoms with Gasteiger partial charge in [0, 0.05) is 60.9 Å². The van der Waals surface area contributed by atoms with Crippen LogP contribution in [0.4, 0.5) is 0 Å². The van der Waals surface area contributed by atoms with Crippen LogP contribution in [0.1, 0.15) is 40.3 Å². The van der Waals surface area contributed by atoms with Crippen LogP contribution in [-0.4, -0.2) is 77.3 Å². The molecule has 2 aliphatic heterocycles. The Bertz CT molecular complexity index is 885. The van der Waals surface area contributed by atoms with Crippen molar-refractivity contribution in [2.24, 2.45) is 0 Å². The second-order valence-corrected chi connectivity index (χ2v) is 10.3. The molecule has 1 aromatic heterocycles. The van der Waals surface area contributed by atoms with E-state index in [4.69, 9.17) is 0 Å². The van der Waals surface area contributed by atoms with Crippen LogP contribution in [0.15, 0.2) is 34.5 Å². The molecule has 2 aliphatic rings. The second-order valence-electron chi connectivity index (χ2n) is 8.18. The van der Waals surface area contributed by atoms with Crippen LogP contribution in [0.2, 0.25) is 0 Å². The van der Waals surface area contributed by atoms with E-state index >= 15 is 0 Å². The number of carbonyl (C=O) groups excluding carboxylic acids is 2. The molecule has 0 saturated carbocycles. The number of aryl methyl sites for hydroxylation is 1. The molecule has 2 saturated heterocycles. The molecule has 2 fully saturated rings. The number of carbonyl (C=O) groups is 2. The highest BCUT2D eigenvalue weighted by Gasteiger charge is 2.25. The van der Waals surface area contributed by atoms with E-state index in [9.17, 15) is 9.59 Å². The lowest BCUT2D eigenvalue weighted by Gasteiger charge is -2.36. The predicted octanol–water partition coefficient (Wildman–Crippen LogP) is 3.51. The van der Waals surface area contributed by atoms with Crippen molar-refractivity contribution in [1.29, 1.82) is 0 Å². The van der Waals surface area contributed by atoms with Crippen LogP contribution in [0.3, 0.4) is 0 Å². The first-order chi connectivity index (χ1) is 15.1. The Labute approximate surface area is 192 Å². The summed E-state index contributed by atoms with van der Waals surface area (Å²) in [4.78, 5) is 37.1. The third kappa shape index (κ3) is 6.08. The molecule has 4 rings (SSSR count). The molecule has 0 N–H and O–H groups in total. The van der Waals surface area contributed by atoms with Crippen LogP contribution in [-0.2, 0) is 10.5 Å². The van der Waals surface area contributed by atoms with Crippen molar-refractivity contribution in [1.82, 2.24) is 19.7 Å². The lowest BCUT2D eigenvalue weighted by molar-refractivity contribution is -0.133. The fourth-order valence-electron chi connectivity index (χ4n) is 4.05. The third-order valence-electron chi connectivity index (χ3n) is 5.88. The van der Waals surface area contributed by atoms with Crippen LogP contribution in [0.5, 0.6) is 0 Å². The van der Waals surface area contributed by atoms with Gasteiger partial charge < -0.3 is 9.80 Å². The summed E-state index contributed by atoms with van der Waals surface area (Å²) in [6.07, 6.45) is 3.47. The molecule has 0 spiro atoms. The Balaban J connectivity index is 1.23. The number of benzene rings is 1. The van der Waals surface area contributed by atoms with Gasteiger partial charge in [0.2, 0.25) is 5.91 Å². The normalized spacial score (nSPS) is 17.7. The van der Waals surface area contributed by atoms with Gasteiger partial charge >= 0.3 is 0 Å². The van der Waals surface area contributed by atoms with Crippen molar-refractivity contribution in [3.63, 3.8) is 0 Å². The summed E-state index contributed by atoms with van der Waals surface area (Å²) in [5, 5.41) is 3.19. The van der Waals surface area contributed by atoms with Gasteiger partial charge in [0.05, 0.1) is 17.2 Å². The minimum absolute atomic E-state index is 0.0775. The van der Waals surface area contributed by atoms with Gasteiger partial charge in [-0.05, 0) is 50.5 Å². The second kappa shape index (κ2) is 10.6. The molecule has 166 valence electrons. The SMILES string of the molecule is Cc1nc(CSc2ccc(C(=O)N3CCN(CC(=O)N4CCCCC4)CC3)cc2)cs1. The number of hydrogen-bond acceptors (Lipinski definition) is 6. The topological polar surface area (TPSA) is 56.8 Å². The molecule has 2 amide bonds. The number of thioether (sulfide) groups is 1. The standard InChI is InChI=1S/C23H30N4O2S2/c1-18-24-20(16-30-18)17-31-21-7-5-19(6-8-21)23(29)27-13-11-25(12-14-27)15-22(28)26-9-3-2-4-10-26/h5-8,16H,2-4,9-15,17H2,1H3. The number of piperazine rings is 1. The number of amides is 2. The average Bonchev–Trinajstić information content (AvgIpc) is 3.24. The monoisotopic (exact) mass is 458 g/mol. The molecule has 0 radical (unpaired) electrons. The summed E-state index contributed by atoms with van der Waals surface area (Å²) < 4.78 is 0. The predicted molar refractivity (Wildman–Crippen MR) is 126 cm³/mol. The summed E-state index contributed by atoms with van der Waals surface area (Å²) in [5.74, 6) is 1.16. The van der Waals surface area contributed by atoms with Crippen molar-refractivity contribution in [3.8, 4) is 0 Å². The quantitative estimate of drug-likeness (QED) is 0.620. The van der Waals surface area contributed by atoms with Gasteiger partial charge in [-0.1, -0.05) is 0 Å². The number of piperidine rings is 1. The zero-order valence-electron chi connectivity index (χ0n) is 18.1. The Hall–Kier alpha value is -1.90. The Morgan fingerprint density at radius 2 is 1.68 bits per heavy atom. The molecule has 0 unspecified atom stereocenters. The first-order valence-corrected chi connectivity index (χ1v) is 12.9. The van der Waals surface area contributed by atoms with Crippen LogP contribution in [0, 0.1) is 6.92 Å². The molecular weight excluding hydrogens is 428 g/mol. The summed E-state index contributed by atoms with van der Waals surface area (Å²) >= 11 is 3.41. The number of thiazole rings is 1. The zero-order chi connectivity index (χ0) is 21.6. The van der Waals surface area contributed by atoms with Crippen LogP contribution < -0.4 is 0 Å². The molecule has 6 nitrogen and oxygen atoms in total. The Morgan fingerprint density at radius 3 is 2.32 bits per heavy atom. The number of hydrogen-bond donors (Lipinski definition) is 0. The summed E-state index contributed by atoms with van der Waals surface area (Å²) in [6.45, 7) is 7.15. The van der Waals surface area contributed by atoms with E-state index in [0.717, 1.165) is 65.9 Å². The summed E-state index contributed by atoms with van der Waals surface area (Å²) in [5.41, 5.74) is 1.83. The van der Waals surface area contributed by atoms with E-state index in [1.807, 2.05) is 41.0 Å². The van der Waals surface area contributed by atoms with Crippen LogP contribution in [0.25, 0.3) is 0 Å². The molecule has 0 aliphatic carbocycles. The number of likely N-dealkylation sites (tertiary alicyclic amines) is 1. The zero-order valence-corrected chi connectivity index (χ0v) is 19.7. The van der Waals surface area contributed by atoms with E-state index in [1.54, 1.807) is 23.1 Å². The lowest BCUT2D eigenvalue weighted by Crippen LogP contribution is -2.52. The van der Waals surface area contributed by atoms with Gasteiger partial charge in [-0.2, -0.15) is 0 Å². The largest absolute Gasteiger partial charge is 0.342 e. The molecule has 31 heavy (non-hydrogen) atoms. The smallest absolute Gasteiger partial charge is 0.253 e. The van der Waals surface area contributed by atoms with E-state index in [-0.39, 0.29) is 11.8 Å². The molecule has 2 aromatic rings. The maximum absolute atomic E-state index is 12.9. The van der Waals surface area contributed by atoms with Gasteiger partial charge in [0.15, 0.2) is 0 Å². The lowest BCUT2D eigenvalue weighted by atomic mass is 10.1. The van der Waals surface area contributed by atoms with Crippen molar-refractivity contribution in [2.45, 2.75) is 36.8 Å². The van der Waals surface area contributed by atoms with Crippen molar-refractivity contribution >= 4 is 34.9 Å². The minimum Gasteiger partial charge on any atom is -0.342 e. The molecule has 1 aromatic carbocycles. The Kier molecular flexibility index (Phi) is 7.63. The first-order valence-electron chi connectivity index (χ1n) is 11.0. The van der Waals surface area contributed by atoms with Crippen LogP contribution >= 0.6 is 23.1 Å². The fourth-order valence-corrected chi connectivity index (χ4v) is 5.56. The van der Waals surface area contributed by atoms with Crippen molar-refractivity contribution in [3.05, 3.63) is 45.9 Å². The highest BCUT2D eigenvalue weighted by atomic mass is 32.2. The number of rotatable bonds is 6. The maximum Gasteiger partial charge on any atom is 0.253 e.